The number of benzene rings is 2. The van der Waals surface area contributed by atoms with Crippen molar-refractivity contribution >= 4 is 46.7 Å². The van der Waals surface area contributed by atoms with Crippen LogP contribution in [0.15, 0.2) is 42.5 Å². The molecule has 0 aromatic heterocycles. The molecule has 132 valence electrons. The van der Waals surface area contributed by atoms with Gasteiger partial charge < -0.3 is 14.8 Å². The van der Waals surface area contributed by atoms with Crippen molar-refractivity contribution in [2.75, 3.05) is 13.2 Å². The molecular formula is C17H14Cl3NO4. The van der Waals surface area contributed by atoms with Gasteiger partial charge in [0.2, 0.25) is 0 Å². The van der Waals surface area contributed by atoms with Gasteiger partial charge in [0, 0.05) is 16.6 Å². The number of carbonyl (C=O) groups is 2. The normalized spacial score (nSPS) is 10.2. The first-order valence-corrected chi connectivity index (χ1v) is 8.32. The molecule has 0 saturated carbocycles. The van der Waals surface area contributed by atoms with Gasteiger partial charge in [-0.1, -0.05) is 53.0 Å². The predicted octanol–water partition coefficient (Wildman–Crippen LogP) is 3.89. The zero-order valence-corrected chi connectivity index (χ0v) is 15.2. The number of halogens is 3. The topological polar surface area (TPSA) is 64.6 Å². The van der Waals surface area contributed by atoms with Gasteiger partial charge in [0.15, 0.2) is 13.2 Å². The lowest BCUT2D eigenvalue weighted by atomic mass is 10.2. The Morgan fingerprint density at radius 3 is 2.44 bits per heavy atom. The second-order valence-corrected chi connectivity index (χ2v) is 6.14. The van der Waals surface area contributed by atoms with Crippen LogP contribution in [-0.2, 0) is 20.9 Å². The number of rotatable bonds is 7. The maximum absolute atomic E-state index is 11.7. The van der Waals surface area contributed by atoms with Crippen LogP contribution in [-0.4, -0.2) is 25.1 Å². The molecule has 0 bridgehead atoms. The van der Waals surface area contributed by atoms with E-state index < -0.39 is 18.5 Å². The van der Waals surface area contributed by atoms with E-state index in [1.165, 1.54) is 0 Å². The van der Waals surface area contributed by atoms with Gasteiger partial charge in [-0.25, -0.2) is 4.79 Å². The molecule has 0 unspecified atom stereocenters. The Morgan fingerprint density at radius 2 is 1.72 bits per heavy atom. The Labute approximate surface area is 159 Å². The fraction of sp³-hybridized carbons (Fsp3) is 0.176. The average Bonchev–Trinajstić information content (AvgIpc) is 2.58. The number of amides is 1. The Morgan fingerprint density at radius 1 is 0.960 bits per heavy atom. The second-order valence-electron chi connectivity index (χ2n) is 4.89. The van der Waals surface area contributed by atoms with E-state index in [4.69, 9.17) is 44.3 Å². The van der Waals surface area contributed by atoms with Crippen LogP contribution in [0.1, 0.15) is 5.56 Å². The maximum atomic E-state index is 11.7. The van der Waals surface area contributed by atoms with Gasteiger partial charge in [-0.2, -0.15) is 0 Å². The summed E-state index contributed by atoms with van der Waals surface area (Å²) in [6.45, 7) is -0.571. The third kappa shape index (κ3) is 6.46. The number of hydrogen-bond acceptors (Lipinski definition) is 4. The molecular weight excluding hydrogens is 389 g/mol. The van der Waals surface area contributed by atoms with Crippen LogP contribution in [0.5, 0.6) is 5.75 Å². The standard InChI is InChI=1S/C17H14Cl3NO4/c18-12-6-5-11(14(20)7-12)8-21-16(22)9-25-17(23)10-24-15-4-2-1-3-13(15)19/h1-7H,8-10H2,(H,21,22). The molecule has 0 aliphatic carbocycles. The summed E-state index contributed by atoms with van der Waals surface area (Å²) < 4.78 is 10.0. The van der Waals surface area contributed by atoms with E-state index in [-0.39, 0.29) is 13.2 Å². The van der Waals surface area contributed by atoms with E-state index in [2.05, 4.69) is 5.32 Å². The van der Waals surface area contributed by atoms with Gasteiger partial charge in [-0.3, -0.25) is 4.79 Å². The molecule has 0 fully saturated rings. The van der Waals surface area contributed by atoms with Gasteiger partial charge in [0.25, 0.3) is 5.91 Å². The molecule has 2 aromatic rings. The summed E-state index contributed by atoms with van der Waals surface area (Å²) in [4.78, 5) is 23.3. The monoisotopic (exact) mass is 401 g/mol. The van der Waals surface area contributed by atoms with E-state index in [0.717, 1.165) is 0 Å². The van der Waals surface area contributed by atoms with E-state index in [9.17, 15) is 9.59 Å². The lowest BCUT2D eigenvalue weighted by molar-refractivity contribution is -0.150. The molecule has 0 heterocycles. The first kappa shape index (κ1) is 19.4. The Bertz CT molecular complexity index is 767. The molecule has 2 rings (SSSR count). The first-order valence-electron chi connectivity index (χ1n) is 7.19. The third-order valence-electron chi connectivity index (χ3n) is 3.04. The highest BCUT2D eigenvalue weighted by Crippen LogP contribution is 2.23. The van der Waals surface area contributed by atoms with Crippen LogP contribution in [0.3, 0.4) is 0 Å². The van der Waals surface area contributed by atoms with E-state index in [1.807, 2.05) is 0 Å². The van der Waals surface area contributed by atoms with Crippen molar-refractivity contribution < 1.29 is 19.1 Å². The number of ether oxygens (including phenoxy) is 2. The molecule has 5 nitrogen and oxygen atoms in total. The van der Waals surface area contributed by atoms with Crippen molar-refractivity contribution in [3.8, 4) is 5.75 Å². The second kappa shape index (κ2) is 9.51. The van der Waals surface area contributed by atoms with Gasteiger partial charge in [-0.15, -0.1) is 0 Å². The molecule has 0 spiro atoms. The van der Waals surface area contributed by atoms with Crippen molar-refractivity contribution in [2.45, 2.75) is 6.54 Å². The van der Waals surface area contributed by atoms with Gasteiger partial charge in [-0.05, 0) is 29.8 Å². The summed E-state index contributed by atoms with van der Waals surface area (Å²) in [6.07, 6.45) is 0. The van der Waals surface area contributed by atoms with Gasteiger partial charge in [0.1, 0.15) is 5.75 Å². The predicted molar refractivity (Wildman–Crippen MR) is 96.2 cm³/mol. The summed E-state index contributed by atoms with van der Waals surface area (Å²) in [6, 6.07) is 11.7. The molecule has 2 aromatic carbocycles. The maximum Gasteiger partial charge on any atom is 0.344 e. The van der Waals surface area contributed by atoms with E-state index in [1.54, 1.807) is 42.5 Å². The molecule has 1 N–H and O–H groups in total. The number of esters is 1. The van der Waals surface area contributed by atoms with Crippen molar-refractivity contribution in [1.82, 2.24) is 5.32 Å². The highest BCUT2D eigenvalue weighted by Gasteiger charge is 2.10. The number of nitrogens with one attached hydrogen (secondary N) is 1. The quantitative estimate of drug-likeness (QED) is 0.714. The molecule has 0 aliphatic heterocycles. The fourth-order valence-electron chi connectivity index (χ4n) is 1.80. The summed E-state index contributed by atoms with van der Waals surface area (Å²) >= 11 is 17.7. The Balaban J connectivity index is 1.70. The fourth-order valence-corrected chi connectivity index (χ4v) is 2.46. The summed E-state index contributed by atoms with van der Waals surface area (Å²) in [5.41, 5.74) is 0.702. The third-order valence-corrected chi connectivity index (χ3v) is 3.94. The van der Waals surface area contributed by atoms with Crippen LogP contribution in [0.25, 0.3) is 0 Å². The van der Waals surface area contributed by atoms with Gasteiger partial charge >= 0.3 is 5.97 Å². The van der Waals surface area contributed by atoms with Crippen LogP contribution in [0.4, 0.5) is 0 Å². The van der Waals surface area contributed by atoms with Crippen LogP contribution >= 0.6 is 34.8 Å². The summed E-state index contributed by atoms with van der Waals surface area (Å²) in [7, 11) is 0. The van der Waals surface area contributed by atoms with Crippen LogP contribution in [0.2, 0.25) is 15.1 Å². The van der Waals surface area contributed by atoms with Crippen molar-refractivity contribution in [3.05, 3.63) is 63.1 Å². The minimum Gasteiger partial charge on any atom is -0.480 e. The molecule has 0 saturated heterocycles. The molecule has 25 heavy (non-hydrogen) atoms. The number of carbonyl (C=O) groups excluding carboxylic acids is 2. The summed E-state index contributed by atoms with van der Waals surface area (Å²) in [5, 5.41) is 3.92. The molecule has 1 amide bonds. The lowest BCUT2D eigenvalue weighted by Crippen LogP contribution is -2.29. The largest absolute Gasteiger partial charge is 0.480 e. The SMILES string of the molecule is O=C(COC(=O)COc1ccccc1Cl)NCc1ccc(Cl)cc1Cl. The molecule has 0 radical (unpaired) electrons. The summed E-state index contributed by atoms with van der Waals surface area (Å²) in [5.74, 6) is -0.778. The van der Waals surface area contributed by atoms with Crippen molar-refractivity contribution in [3.63, 3.8) is 0 Å². The van der Waals surface area contributed by atoms with Gasteiger partial charge in [0.05, 0.1) is 5.02 Å². The Kier molecular flexibility index (Phi) is 7.37. The Hall–Kier alpha value is -1.95. The van der Waals surface area contributed by atoms with Crippen molar-refractivity contribution in [2.24, 2.45) is 0 Å². The van der Waals surface area contributed by atoms with E-state index >= 15 is 0 Å². The molecule has 0 aliphatic rings. The molecule has 0 atom stereocenters. The first-order chi connectivity index (χ1) is 12.0. The number of para-hydroxylation sites is 1. The zero-order chi connectivity index (χ0) is 18.2. The highest BCUT2D eigenvalue weighted by molar-refractivity contribution is 6.35. The number of hydrogen-bond donors (Lipinski definition) is 1. The minimum absolute atomic E-state index is 0.197. The molecule has 8 heteroatoms. The minimum atomic E-state index is -0.681. The van der Waals surface area contributed by atoms with E-state index in [0.29, 0.717) is 26.4 Å². The zero-order valence-electron chi connectivity index (χ0n) is 12.9. The van der Waals surface area contributed by atoms with Crippen molar-refractivity contribution in [1.29, 1.82) is 0 Å². The highest BCUT2D eigenvalue weighted by atomic mass is 35.5. The lowest BCUT2D eigenvalue weighted by Gasteiger charge is -2.09. The smallest absolute Gasteiger partial charge is 0.344 e. The van der Waals surface area contributed by atoms with Crippen LogP contribution < -0.4 is 10.1 Å². The van der Waals surface area contributed by atoms with Crippen LogP contribution in [0, 0.1) is 0 Å². The average molecular weight is 403 g/mol.